The van der Waals surface area contributed by atoms with Crippen molar-refractivity contribution >= 4 is 32.6 Å². The van der Waals surface area contributed by atoms with E-state index in [4.69, 9.17) is 18.9 Å². The Hall–Kier alpha value is -3.32. The number of carbonyl (C=O) groups excluding carboxylic acids is 1. The lowest BCUT2D eigenvalue weighted by Crippen LogP contribution is -2.30. The van der Waals surface area contributed by atoms with Gasteiger partial charge in [-0.25, -0.2) is 4.98 Å². The minimum atomic E-state index is -0.195. The highest BCUT2D eigenvalue weighted by atomic mass is 32.1. The highest BCUT2D eigenvalue weighted by Gasteiger charge is 2.24. The number of furan rings is 1. The summed E-state index contributed by atoms with van der Waals surface area (Å²) in [6.07, 6.45) is 1.60. The molecule has 4 rings (SSSR count). The predicted molar refractivity (Wildman–Crippen MR) is 118 cm³/mol. The quantitative estimate of drug-likeness (QED) is 0.418. The lowest BCUT2D eigenvalue weighted by molar-refractivity contribution is 0.0983. The number of hydrogen-bond acceptors (Lipinski definition) is 6. The molecule has 2 aromatic heterocycles. The van der Waals surface area contributed by atoms with E-state index in [-0.39, 0.29) is 12.5 Å². The van der Waals surface area contributed by atoms with Gasteiger partial charge in [0.2, 0.25) is 0 Å². The third-order valence-corrected chi connectivity index (χ3v) is 6.03. The van der Waals surface area contributed by atoms with Gasteiger partial charge in [0.25, 0.3) is 5.91 Å². The van der Waals surface area contributed by atoms with E-state index in [2.05, 4.69) is 26.0 Å². The Morgan fingerprint density at radius 1 is 1.07 bits per heavy atom. The van der Waals surface area contributed by atoms with Gasteiger partial charge >= 0.3 is 0 Å². The van der Waals surface area contributed by atoms with E-state index in [0.717, 1.165) is 10.2 Å². The van der Waals surface area contributed by atoms with Crippen molar-refractivity contribution in [3.63, 3.8) is 0 Å². The van der Waals surface area contributed by atoms with Gasteiger partial charge in [-0.1, -0.05) is 11.3 Å². The van der Waals surface area contributed by atoms with Crippen LogP contribution in [0.15, 0.2) is 53.1 Å². The van der Waals surface area contributed by atoms with Gasteiger partial charge in [0.15, 0.2) is 16.6 Å². The minimum Gasteiger partial charge on any atom is -0.493 e. The predicted octanol–water partition coefficient (Wildman–Crippen LogP) is 5.37. The van der Waals surface area contributed by atoms with Crippen molar-refractivity contribution in [3.05, 3.63) is 71.2 Å². The topological polar surface area (TPSA) is 64.8 Å². The highest BCUT2D eigenvalue weighted by molar-refractivity contribution is 7.22. The van der Waals surface area contributed by atoms with Crippen LogP contribution in [0, 0.1) is 13.8 Å². The summed E-state index contributed by atoms with van der Waals surface area (Å²) in [6.45, 7) is 4.41. The molecule has 0 aliphatic carbocycles. The summed E-state index contributed by atoms with van der Waals surface area (Å²) in [5.41, 5.74) is 3.72. The molecule has 0 unspecified atom stereocenters. The minimum absolute atomic E-state index is 0.195. The molecule has 0 saturated heterocycles. The lowest BCUT2D eigenvalue weighted by atomic mass is 10.1. The van der Waals surface area contributed by atoms with Crippen molar-refractivity contribution in [1.82, 2.24) is 4.98 Å². The fourth-order valence-corrected chi connectivity index (χ4v) is 4.24. The summed E-state index contributed by atoms with van der Waals surface area (Å²) >= 11 is 1.49. The average molecular weight is 423 g/mol. The van der Waals surface area contributed by atoms with Gasteiger partial charge in [0, 0.05) is 5.56 Å². The summed E-state index contributed by atoms with van der Waals surface area (Å²) in [7, 11) is 3.11. The number of amides is 1. The molecular formula is C23H22N2O4S. The summed E-state index contributed by atoms with van der Waals surface area (Å²) in [5.74, 6) is 1.55. The monoisotopic (exact) mass is 422 g/mol. The van der Waals surface area contributed by atoms with Crippen LogP contribution >= 0.6 is 11.3 Å². The number of aromatic nitrogens is 1. The van der Waals surface area contributed by atoms with Crippen LogP contribution in [0.3, 0.4) is 0 Å². The fourth-order valence-electron chi connectivity index (χ4n) is 3.19. The third-order valence-electron chi connectivity index (χ3n) is 4.99. The Kier molecular flexibility index (Phi) is 5.46. The number of hydrogen-bond donors (Lipinski definition) is 0. The van der Waals surface area contributed by atoms with E-state index in [1.54, 1.807) is 49.6 Å². The molecule has 2 heterocycles. The number of methoxy groups -OCH3 is 2. The molecule has 0 spiro atoms. The Morgan fingerprint density at radius 2 is 1.83 bits per heavy atom. The first-order chi connectivity index (χ1) is 14.5. The van der Waals surface area contributed by atoms with Crippen LogP contribution in [0.4, 0.5) is 5.13 Å². The van der Waals surface area contributed by atoms with Gasteiger partial charge in [-0.05, 0) is 67.4 Å². The molecule has 4 aromatic rings. The molecule has 0 aliphatic rings. The highest BCUT2D eigenvalue weighted by Crippen LogP contribution is 2.34. The standard InChI is InChI=1S/C23H22N2O4S/c1-14-10-18-21(11-15(14)2)30-23(24-18)25(13-17-6-5-9-29-17)22(26)16-7-8-19(27-3)20(12-16)28-4/h5-12H,13H2,1-4H3. The number of rotatable bonds is 6. The van der Waals surface area contributed by atoms with Gasteiger partial charge in [0.1, 0.15) is 5.76 Å². The molecule has 0 atom stereocenters. The van der Waals surface area contributed by atoms with Crippen molar-refractivity contribution in [1.29, 1.82) is 0 Å². The summed E-state index contributed by atoms with van der Waals surface area (Å²) in [5, 5.41) is 0.617. The summed E-state index contributed by atoms with van der Waals surface area (Å²) < 4.78 is 17.2. The molecule has 0 N–H and O–H groups in total. The zero-order chi connectivity index (χ0) is 21.3. The van der Waals surface area contributed by atoms with Gasteiger partial charge < -0.3 is 13.9 Å². The lowest BCUT2D eigenvalue weighted by Gasteiger charge is -2.19. The van der Waals surface area contributed by atoms with Crippen molar-refractivity contribution in [2.45, 2.75) is 20.4 Å². The van der Waals surface area contributed by atoms with E-state index in [1.807, 2.05) is 6.07 Å². The average Bonchev–Trinajstić information content (AvgIpc) is 3.41. The zero-order valence-electron chi connectivity index (χ0n) is 17.3. The number of thiazole rings is 1. The van der Waals surface area contributed by atoms with Crippen LogP contribution in [-0.4, -0.2) is 25.1 Å². The molecule has 1 amide bonds. The summed E-state index contributed by atoms with van der Waals surface area (Å²) in [4.78, 5) is 19.9. The van der Waals surface area contributed by atoms with Crippen LogP contribution in [-0.2, 0) is 6.54 Å². The van der Waals surface area contributed by atoms with E-state index in [1.165, 1.54) is 22.5 Å². The summed E-state index contributed by atoms with van der Waals surface area (Å²) in [6, 6.07) is 12.9. The van der Waals surface area contributed by atoms with Crippen LogP contribution in [0.2, 0.25) is 0 Å². The van der Waals surface area contributed by atoms with Crippen LogP contribution in [0.25, 0.3) is 10.2 Å². The van der Waals surface area contributed by atoms with Crippen molar-refractivity contribution < 1.29 is 18.7 Å². The van der Waals surface area contributed by atoms with Crippen LogP contribution in [0.1, 0.15) is 27.2 Å². The second kappa shape index (κ2) is 8.20. The molecule has 0 saturated carbocycles. The number of carbonyl (C=O) groups is 1. The number of anilines is 1. The molecule has 154 valence electrons. The number of ether oxygens (including phenoxy) is 2. The smallest absolute Gasteiger partial charge is 0.260 e. The maximum atomic E-state index is 13.5. The first kappa shape index (κ1) is 20.0. The second-order valence-electron chi connectivity index (χ2n) is 6.94. The number of benzene rings is 2. The molecule has 0 aliphatic heterocycles. The molecule has 7 heteroatoms. The van der Waals surface area contributed by atoms with Crippen LogP contribution < -0.4 is 14.4 Å². The fraction of sp³-hybridized carbons (Fsp3) is 0.217. The zero-order valence-corrected chi connectivity index (χ0v) is 18.1. The maximum Gasteiger partial charge on any atom is 0.260 e. The maximum absolute atomic E-state index is 13.5. The molecular weight excluding hydrogens is 400 g/mol. The molecule has 0 fully saturated rings. The Morgan fingerprint density at radius 3 is 2.53 bits per heavy atom. The molecule has 30 heavy (non-hydrogen) atoms. The van der Waals surface area contributed by atoms with E-state index in [0.29, 0.717) is 28.0 Å². The Bertz CT molecular complexity index is 1160. The van der Waals surface area contributed by atoms with Gasteiger partial charge in [-0.2, -0.15) is 0 Å². The SMILES string of the molecule is COc1ccc(C(=O)N(Cc2ccco2)c2nc3cc(C)c(C)cc3s2)cc1OC. The number of nitrogens with zero attached hydrogens (tertiary/aromatic N) is 2. The molecule has 0 bridgehead atoms. The van der Waals surface area contributed by atoms with Crippen molar-refractivity contribution in [3.8, 4) is 11.5 Å². The number of aryl methyl sites for hydroxylation is 2. The van der Waals surface area contributed by atoms with E-state index in [9.17, 15) is 4.79 Å². The van der Waals surface area contributed by atoms with Gasteiger partial charge in [-0.3, -0.25) is 9.69 Å². The van der Waals surface area contributed by atoms with E-state index < -0.39 is 0 Å². The normalized spacial score (nSPS) is 10.9. The molecule has 2 aromatic carbocycles. The van der Waals surface area contributed by atoms with Crippen LogP contribution in [0.5, 0.6) is 11.5 Å². The Balaban J connectivity index is 1.77. The third kappa shape index (κ3) is 3.76. The first-order valence-corrected chi connectivity index (χ1v) is 10.3. The van der Waals surface area contributed by atoms with E-state index >= 15 is 0 Å². The second-order valence-corrected chi connectivity index (χ2v) is 7.95. The number of fused-ring (bicyclic) bond motifs is 1. The first-order valence-electron chi connectivity index (χ1n) is 9.44. The van der Waals surface area contributed by atoms with Gasteiger partial charge in [-0.15, -0.1) is 0 Å². The van der Waals surface area contributed by atoms with Crippen molar-refractivity contribution in [2.24, 2.45) is 0 Å². The molecule has 6 nitrogen and oxygen atoms in total. The largest absolute Gasteiger partial charge is 0.493 e. The Labute approximate surface area is 178 Å². The molecule has 0 radical (unpaired) electrons. The van der Waals surface area contributed by atoms with Gasteiger partial charge in [0.05, 0.1) is 37.2 Å². The van der Waals surface area contributed by atoms with Crippen molar-refractivity contribution in [2.75, 3.05) is 19.1 Å².